The number of nitrogens with zero attached hydrogens (tertiary/aromatic N) is 1. The highest BCUT2D eigenvalue weighted by molar-refractivity contribution is 6.31. The van der Waals surface area contributed by atoms with E-state index in [-0.39, 0.29) is 0 Å². The summed E-state index contributed by atoms with van der Waals surface area (Å²) in [6.07, 6.45) is 3.78. The summed E-state index contributed by atoms with van der Waals surface area (Å²) in [4.78, 5) is 2.39. The summed E-state index contributed by atoms with van der Waals surface area (Å²) in [5.74, 6) is 0. The van der Waals surface area contributed by atoms with Crippen molar-refractivity contribution in [2.45, 2.75) is 26.2 Å². The molecule has 98 valence electrons. The van der Waals surface area contributed by atoms with Crippen LogP contribution in [0.25, 0.3) is 0 Å². The summed E-state index contributed by atoms with van der Waals surface area (Å²) in [7, 11) is 2.20. The Hall–Kier alpha value is -0.730. The van der Waals surface area contributed by atoms with Crippen LogP contribution in [0.4, 0.5) is 5.69 Å². The zero-order chi connectivity index (χ0) is 12.8. The predicted molar refractivity (Wildman–Crippen MR) is 77.7 cm³/mol. The Morgan fingerprint density at radius 1 is 1.33 bits per heavy atom. The van der Waals surface area contributed by atoms with Gasteiger partial charge in [0.15, 0.2) is 0 Å². The SMILES string of the molecule is Cc1c(Cl)ccc2c1N(C)CCC1(CCNC1)C2. The van der Waals surface area contributed by atoms with Crippen LogP contribution in [0.2, 0.25) is 5.02 Å². The maximum Gasteiger partial charge on any atom is 0.0456 e. The second kappa shape index (κ2) is 4.43. The molecule has 0 aromatic heterocycles. The Balaban J connectivity index is 2.05. The van der Waals surface area contributed by atoms with Gasteiger partial charge in [-0.1, -0.05) is 17.7 Å². The summed E-state index contributed by atoms with van der Waals surface area (Å²) < 4.78 is 0. The fourth-order valence-electron chi connectivity index (χ4n) is 3.57. The van der Waals surface area contributed by atoms with Gasteiger partial charge in [-0.2, -0.15) is 0 Å². The standard InChI is InChI=1S/C15H21ClN2/c1-11-13(16)4-3-12-9-15(5-7-17-10-15)6-8-18(2)14(11)12/h3-4,17H,5-10H2,1-2H3. The highest BCUT2D eigenvalue weighted by Crippen LogP contribution is 2.42. The fraction of sp³-hybridized carbons (Fsp3) is 0.600. The summed E-state index contributed by atoms with van der Waals surface area (Å²) in [6.45, 7) is 5.62. The lowest BCUT2D eigenvalue weighted by Gasteiger charge is -2.26. The minimum atomic E-state index is 0.472. The predicted octanol–water partition coefficient (Wildman–Crippen LogP) is 3.01. The summed E-state index contributed by atoms with van der Waals surface area (Å²) in [6, 6.07) is 4.29. The molecule has 1 atom stereocenters. The van der Waals surface area contributed by atoms with Crippen LogP contribution in [0, 0.1) is 12.3 Å². The zero-order valence-corrected chi connectivity index (χ0v) is 12.0. The van der Waals surface area contributed by atoms with Gasteiger partial charge in [0.05, 0.1) is 0 Å². The normalized spacial score (nSPS) is 27.4. The highest BCUT2D eigenvalue weighted by atomic mass is 35.5. The lowest BCUT2D eigenvalue weighted by atomic mass is 9.78. The van der Waals surface area contributed by atoms with Crippen molar-refractivity contribution in [3.63, 3.8) is 0 Å². The Kier molecular flexibility index (Phi) is 3.03. The molecule has 0 aliphatic carbocycles. The van der Waals surface area contributed by atoms with Gasteiger partial charge in [0.1, 0.15) is 0 Å². The first-order valence-electron chi connectivity index (χ1n) is 6.81. The van der Waals surface area contributed by atoms with Crippen LogP contribution in [-0.2, 0) is 6.42 Å². The number of fused-ring (bicyclic) bond motifs is 1. The van der Waals surface area contributed by atoms with Gasteiger partial charge in [-0.3, -0.25) is 0 Å². The van der Waals surface area contributed by atoms with Crippen molar-refractivity contribution in [3.05, 3.63) is 28.3 Å². The zero-order valence-electron chi connectivity index (χ0n) is 11.2. The summed E-state index contributed by atoms with van der Waals surface area (Å²) in [5, 5.41) is 4.43. The maximum absolute atomic E-state index is 6.28. The quantitative estimate of drug-likeness (QED) is 0.775. The molecule has 0 amide bonds. The van der Waals surface area contributed by atoms with E-state index in [1.165, 1.54) is 49.2 Å². The van der Waals surface area contributed by atoms with E-state index in [1.54, 1.807) is 0 Å². The lowest BCUT2D eigenvalue weighted by molar-refractivity contribution is 0.304. The topological polar surface area (TPSA) is 15.3 Å². The van der Waals surface area contributed by atoms with Crippen LogP contribution in [0.15, 0.2) is 12.1 Å². The third-order valence-corrected chi connectivity index (χ3v) is 5.11. The first kappa shape index (κ1) is 12.3. The van der Waals surface area contributed by atoms with Gasteiger partial charge in [0.25, 0.3) is 0 Å². The molecule has 0 radical (unpaired) electrons. The lowest BCUT2D eigenvalue weighted by Crippen LogP contribution is -2.28. The second-order valence-corrected chi connectivity index (χ2v) is 6.36. The minimum Gasteiger partial charge on any atom is -0.374 e. The molecule has 0 saturated carbocycles. The monoisotopic (exact) mass is 264 g/mol. The summed E-state index contributed by atoms with van der Waals surface area (Å²) >= 11 is 6.28. The first-order valence-corrected chi connectivity index (χ1v) is 7.19. The van der Waals surface area contributed by atoms with Crippen molar-refractivity contribution in [1.29, 1.82) is 0 Å². The molecular formula is C15H21ClN2. The van der Waals surface area contributed by atoms with Crippen LogP contribution in [-0.4, -0.2) is 26.7 Å². The number of anilines is 1. The summed E-state index contributed by atoms with van der Waals surface area (Å²) in [5.41, 5.74) is 4.55. The van der Waals surface area contributed by atoms with Crippen molar-refractivity contribution in [1.82, 2.24) is 5.32 Å². The van der Waals surface area contributed by atoms with E-state index in [9.17, 15) is 0 Å². The van der Waals surface area contributed by atoms with Crippen molar-refractivity contribution >= 4 is 17.3 Å². The molecular weight excluding hydrogens is 244 g/mol. The Morgan fingerprint density at radius 2 is 2.17 bits per heavy atom. The molecule has 2 heterocycles. The number of benzene rings is 1. The molecule has 1 N–H and O–H groups in total. The van der Waals surface area contributed by atoms with Crippen LogP contribution >= 0.6 is 11.6 Å². The minimum absolute atomic E-state index is 0.472. The van der Waals surface area contributed by atoms with Crippen molar-refractivity contribution in [3.8, 4) is 0 Å². The molecule has 3 rings (SSSR count). The van der Waals surface area contributed by atoms with Crippen LogP contribution < -0.4 is 10.2 Å². The van der Waals surface area contributed by atoms with E-state index >= 15 is 0 Å². The van der Waals surface area contributed by atoms with E-state index in [0.29, 0.717) is 5.41 Å². The number of hydrogen-bond acceptors (Lipinski definition) is 2. The van der Waals surface area contributed by atoms with E-state index < -0.39 is 0 Å². The molecule has 18 heavy (non-hydrogen) atoms. The van der Waals surface area contributed by atoms with Crippen LogP contribution in [0.5, 0.6) is 0 Å². The molecule has 2 aliphatic rings. The third-order valence-electron chi connectivity index (χ3n) is 4.71. The van der Waals surface area contributed by atoms with Gasteiger partial charge in [-0.25, -0.2) is 0 Å². The van der Waals surface area contributed by atoms with E-state index in [2.05, 4.69) is 36.3 Å². The van der Waals surface area contributed by atoms with Crippen LogP contribution in [0.1, 0.15) is 24.0 Å². The van der Waals surface area contributed by atoms with Gasteiger partial charge < -0.3 is 10.2 Å². The Labute approximate surface area is 114 Å². The molecule has 1 fully saturated rings. The van der Waals surface area contributed by atoms with E-state index in [0.717, 1.165) is 11.6 Å². The molecule has 1 aromatic rings. The number of nitrogens with one attached hydrogen (secondary N) is 1. The van der Waals surface area contributed by atoms with Crippen molar-refractivity contribution in [2.75, 3.05) is 31.6 Å². The molecule has 1 spiro atoms. The van der Waals surface area contributed by atoms with Gasteiger partial charge in [0, 0.05) is 30.8 Å². The first-order chi connectivity index (χ1) is 8.61. The van der Waals surface area contributed by atoms with Gasteiger partial charge in [-0.15, -0.1) is 0 Å². The van der Waals surface area contributed by atoms with Crippen molar-refractivity contribution in [2.24, 2.45) is 5.41 Å². The highest BCUT2D eigenvalue weighted by Gasteiger charge is 2.37. The van der Waals surface area contributed by atoms with Gasteiger partial charge >= 0.3 is 0 Å². The second-order valence-electron chi connectivity index (χ2n) is 5.96. The number of rotatable bonds is 0. The smallest absolute Gasteiger partial charge is 0.0456 e. The average molecular weight is 265 g/mol. The largest absolute Gasteiger partial charge is 0.374 e. The average Bonchev–Trinajstić information content (AvgIpc) is 2.74. The molecule has 3 heteroatoms. The molecule has 0 bridgehead atoms. The molecule has 1 unspecified atom stereocenters. The van der Waals surface area contributed by atoms with E-state index in [4.69, 9.17) is 11.6 Å². The maximum atomic E-state index is 6.28. The molecule has 2 aliphatic heterocycles. The Bertz CT molecular complexity index is 464. The fourth-order valence-corrected chi connectivity index (χ4v) is 3.73. The van der Waals surface area contributed by atoms with Crippen LogP contribution in [0.3, 0.4) is 0 Å². The molecule has 1 aromatic carbocycles. The van der Waals surface area contributed by atoms with E-state index in [1.807, 2.05) is 0 Å². The van der Waals surface area contributed by atoms with Gasteiger partial charge in [0.2, 0.25) is 0 Å². The van der Waals surface area contributed by atoms with Crippen molar-refractivity contribution < 1.29 is 0 Å². The molecule has 2 nitrogen and oxygen atoms in total. The Morgan fingerprint density at radius 3 is 2.89 bits per heavy atom. The number of halogens is 1. The number of hydrogen-bond donors (Lipinski definition) is 1. The van der Waals surface area contributed by atoms with Gasteiger partial charge in [-0.05, 0) is 55.3 Å². The molecule has 1 saturated heterocycles. The third kappa shape index (κ3) is 1.92.